The van der Waals surface area contributed by atoms with Gasteiger partial charge in [-0.05, 0) is 27.2 Å². The van der Waals surface area contributed by atoms with Crippen molar-refractivity contribution < 1.29 is 23.4 Å². The van der Waals surface area contributed by atoms with Gasteiger partial charge < -0.3 is 29.3 Å². The van der Waals surface area contributed by atoms with Crippen LogP contribution in [-0.2, 0) is 9.47 Å². The summed E-state index contributed by atoms with van der Waals surface area (Å²) in [7, 11) is 1.58. The van der Waals surface area contributed by atoms with Gasteiger partial charge in [0.15, 0.2) is 23.0 Å². The number of morpholine rings is 1. The van der Waals surface area contributed by atoms with Crippen molar-refractivity contribution in [3.05, 3.63) is 24.3 Å². The zero-order valence-electron chi connectivity index (χ0n) is 21.4. The van der Waals surface area contributed by atoms with Gasteiger partial charge in [-0.1, -0.05) is 0 Å². The average molecular weight is 515 g/mol. The van der Waals surface area contributed by atoms with E-state index in [-0.39, 0.29) is 23.8 Å². The summed E-state index contributed by atoms with van der Waals surface area (Å²) >= 11 is 0. The van der Waals surface area contributed by atoms with Crippen LogP contribution in [0.4, 0.5) is 21.0 Å². The van der Waals surface area contributed by atoms with Crippen LogP contribution in [0.3, 0.4) is 0 Å². The number of nitrogens with zero attached hydrogens (tertiary/aromatic N) is 7. The van der Waals surface area contributed by atoms with Crippen LogP contribution < -0.4 is 15.0 Å². The monoisotopic (exact) mass is 514 g/mol. The molecular weight excluding hydrogens is 483 g/mol. The summed E-state index contributed by atoms with van der Waals surface area (Å²) in [6, 6.07) is 1.67. The normalized spacial score (nSPS) is 18.4. The van der Waals surface area contributed by atoms with E-state index >= 15 is 0 Å². The van der Waals surface area contributed by atoms with Gasteiger partial charge in [0.1, 0.15) is 17.0 Å². The van der Waals surface area contributed by atoms with Crippen molar-refractivity contribution in [2.24, 2.45) is 0 Å². The predicted molar refractivity (Wildman–Crippen MR) is 133 cm³/mol. The molecule has 12 nitrogen and oxygen atoms in total. The quantitative estimate of drug-likeness (QED) is 0.544. The van der Waals surface area contributed by atoms with E-state index in [2.05, 4.69) is 25.2 Å². The van der Waals surface area contributed by atoms with Gasteiger partial charge in [0.25, 0.3) is 0 Å². The smallest absolute Gasteiger partial charge is 0.410 e. The van der Waals surface area contributed by atoms with Gasteiger partial charge in [-0.3, -0.25) is 0 Å². The Labute approximate surface area is 213 Å². The number of methoxy groups -OCH3 is 1. The number of nitrogens with one attached hydrogen (secondary N) is 1. The Balaban J connectivity index is 1.39. The van der Waals surface area contributed by atoms with Crippen molar-refractivity contribution in [3.63, 3.8) is 0 Å². The first-order valence-corrected chi connectivity index (χ1v) is 12.2. The Hall–Kier alpha value is -3.74. The number of rotatable bonds is 5. The van der Waals surface area contributed by atoms with E-state index in [9.17, 15) is 9.18 Å². The molecule has 2 saturated heterocycles. The van der Waals surface area contributed by atoms with Gasteiger partial charge in [0.05, 0.1) is 32.7 Å². The Morgan fingerprint density at radius 2 is 1.97 bits per heavy atom. The molecular formula is C24H31FN8O4. The molecule has 1 unspecified atom stereocenters. The maximum absolute atomic E-state index is 15.0. The molecule has 3 aromatic heterocycles. The largest absolute Gasteiger partial charge is 0.493 e. The van der Waals surface area contributed by atoms with Crippen LogP contribution in [-0.4, -0.2) is 93.7 Å². The Kier molecular flexibility index (Phi) is 6.71. The summed E-state index contributed by atoms with van der Waals surface area (Å²) in [6.07, 6.45) is 2.98. The fourth-order valence-corrected chi connectivity index (χ4v) is 4.36. The lowest BCUT2D eigenvalue weighted by Crippen LogP contribution is -2.37. The second-order valence-electron chi connectivity index (χ2n) is 10.00. The zero-order valence-corrected chi connectivity index (χ0v) is 21.4. The zero-order chi connectivity index (χ0) is 26.2. The lowest BCUT2D eigenvalue weighted by Gasteiger charge is -2.28. The maximum atomic E-state index is 15.0. The van der Waals surface area contributed by atoms with E-state index in [4.69, 9.17) is 19.3 Å². The summed E-state index contributed by atoms with van der Waals surface area (Å²) in [6.45, 7) is 8.98. The van der Waals surface area contributed by atoms with Gasteiger partial charge >= 0.3 is 6.09 Å². The molecule has 5 rings (SSSR count). The molecule has 1 amide bonds. The molecule has 1 atom stereocenters. The Morgan fingerprint density at radius 1 is 1.19 bits per heavy atom. The number of halogens is 1. The van der Waals surface area contributed by atoms with Gasteiger partial charge in [-0.15, -0.1) is 5.10 Å². The number of carbonyl (C=O) groups excluding carboxylic acids is 1. The number of anilines is 2. The highest BCUT2D eigenvalue weighted by Gasteiger charge is 2.30. The summed E-state index contributed by atoms with van der Waals surface area (Å²) in [4.78, 5) is 29.0. The summed E-state index contributed by atoms with van der Waals surface area (Å²) < 4.78 is 33.0. The number of hydrogen-bond acceptors (Lipinski definition) is 10. The molecule has 0 radical (unpaired) electrons. The van der Waals surface area contributed by atoms with Crippen LogP contribution >= 0.6 is 0 Å². The van der Waals surface area contributed by atoms with Crippen molar-refractivity contribution in [3.8, 4) is 17.1 Å². The van der Waals surface area contributed by atoms with Gasteiger partial charge in [-0.25, -0.2) is 28.7 Å². The molecule has 2 aliphatic rings. The average Bonchev–Trinajstić information content (AvgIpc) is 3.51. The van der Waals surface area contributed by atoms with Gasteiger partial charge in [0.2, 0.25) is 5.95 Å². The lowest BCUT2D eigenvalue weighted by molar-refractivity contribution is 0.0293. The number of aromatic nitrogens is 5. The third-order valence-electron chi connectivity index (χ3n) is 6.13. The standard InChI is InChI=1S/C24H31FN8O4/c1-24(2,3)37-23(34)32-6-5-15(14-32)28-22-27-12-16(25)20(29-22)17-13-26-19-11-18(35-4)21(30-33(17)19)31-7-9-36-10-8-31/h11-13,15H,5-10,14H2,1-4H3,(H,27,28,29). The highest BCUT2D eigenvalue weighted by Crippen LogP contribution is 2.30. The molecule has 13 heteroatoms. The minimum absolute atomic E-state index is 0.0672. The highest BCUT2D eigenvalue weighted by atomic mass is 19.1. The Morgan fingerprint density at radius 3 is 2.70 bits per heavy atom. The second kappa shape index (κ2) is 9.96. The molecule has 5 heterocycles. The van der Waals surface area contributed by atoms with E-state index in [1.54, 1.807) is 22.6 Å². The highest BCUT2D eigenvalue weighted by molar-refractivity contribution is 5.69. The van der Waals surface area contributed by atoms with E-state index in [1.165, 1.54) is 6.20 Å². The SMILES string of the molecule is COc1cc2ncc(-c3nc(NC4CCN(C(=O)OC(C)(C)C)C4)ncc3F)n2nc1N1CCOCC1. The molecule has 0 aromatic carbocycles. The third-order valence-corrected chi connectivity index (χ3v) is 6.13. The fourth-order valence-electron chi connectivity index (χ4n) is 4.36. The van der Waals surface area contributed by atoms with Crippen molar-refractivity contribution in [2.45, 2.75) is 38.8 Å². The number of hydrogen-bond donors (Lipinski definition) is 1. The second-order valence-corrected chi connectivity index (χ2v) is 10.00. The van der Waals surface area contributed by atoms with Crippen molar-refractivity contribution in [1.82, 2.24) is 29.5 Å². The van der Waals surface area contributed by atoms with Crippen LogP contribution in [0.5, 0.6) is 5.75 Å². The van der Waals surface area contributed by atoms with E-state index in [1.807, 2.05) is 20.8 Å². The number of carbonyl (C=O) groups is 1. The van der Waals surface area contributed by atoms with Crippen LogP contribution in [0.15, 0.2) is 18.5 Å². The fraction of sp³-hybridized carbons (Fsp3) is 0.542. The molecule has 0 spiro atoms. The Bertz CT molecular complexity index is 1290. The first kappa shape index (κ1) is 24.9. The topological polar surface area (TPSA) is 119 Å². The minimum Gasteiger partial charge on any atom is -0.493 e. The maximum Gasteiger partial charge on any atom is 0.410 e. The molecule has 198 valence electrons. The van der Waals surface area contributed by atoms with Crippen LogP contribution in [0.1, 0.15) is 27.2 Å². The predicted octanol–water partition coefficient (Wildman–Crippen LogP) is 2.59. The number of fused-ring (bicyclic) bond motifs is 1. The van der Waals surface area contributed by atoms with Crippen LogP contribution in [0.2, 0.25) is 0 Å². The third kappa shape index (κ3) is 5.36. The summed E-state index contributed by atoms with van der Waals surface area (Å²) in [5.41, 5.74) is 0.389. The van der Waals surface area contributed by atoms with Gasteiger partial charge in [-0.2, -0.15) is 0 Å². The van der Waals surface area contributed by atoms with Crippen LogP contribution in [0, 0.1) is 5.82 Å². The number of amides is 1. The molecule has 1 N–H and O–H groups in total. The number of ether oxygens (including phenoxy) is 3. The van der Waals surface area contributed by atoms with Crippen molar-refractivity contribution in [2.75, 3.05) is 56.7 Å². The van der Waals surface area contributed by atoms with Crippen molar-refractivity contribution in [1.29, 1.82) is 0 Å². The summed E-state index contributed by atoms with van der Waals surface area (Å²) in [5, 5.41) is 7.95. The molecule has 0 aliphatic carbocycles. The molecule has 37 heavy (non-hydrogen) atoms. The van der Waals surface area contributed by atoms with E-state index in [0.717, 1.165) is 6.20 Å². The molecule has 3 aromatic rings. The molecule has 2 fully saturated rings. The minimum atomic E-state index is -0.598. The molecule has 2 aliphatic heterocycles. The number of imidazole rings is 1. The first-order valence-electron chi connectivity index (χ1n) is 12.2. The van der Waals surface area contributed by atoms with Crippen LogP contribution in [0.25, 0.3) is 17.0 Å². The van der Waals surface area contributed by atoms with Gasteiger partial charge in [0, 0.05) is 38.3 Å². The number of likely N-dealkylation sites (tertiary alicyclic amines) is 1. The van der Waals surface area contributed by atoms with E-state index < -0.39 is 11.4 Å². The summed E-state index contributed by atoms with van der Waals surface area (Å²) in [5.74, 6) is 0.857. The lowest BCUT2D eigenvalue weighted by atomic mass is 10.2. The molecule has 0 bridgehead atoms. The van der Waals surface area contributed by atoms with Crippen molar-refractivity contribution >= 4 is 23.5 Å². The molecule has 0 saturated carbocycles. The van der Waals surface area contributed by atoms with E-state index in [0.29, 0.717) is 68.7 Å². The first-order chi connectivity index (χ1) is 17.7.